The molecule has 1 fully saturated rings. The molecule has 2 heterocycles. The largest absolute Gasteiger partial charge is 0.361 e. The molecule has 1 aromatic heterocycles. The summed E-state index contributed by atoms with van der Waals surface area (Å²) in [5, 5.41) is 6.93. The second kappa shape index (κ2) is 6.95. The lowest BCUT2D eigenvalue weighted by Gasteiger charge is -2.33. The molecule has 6 heteroatoms. The molecule has 1 aromatic carbocycles. The molecule has 0 radical (unpaired) electrons. The van der Waals surface area contributed by atoms with E-state index in [0.717, 1.165) is 29.4 Å². The van der Waals surface area contributed by atoms with E-state index in [4.69, 9.17) is 0 Å². The second-order valence-corrected chi connectivity index (χ2v) is 6.60. The number of fused-ring (bicyclic) bond motifs is 1. The molecule has 0 aliphatic carbocycles. The summed E-state index contributed by atoms with van der Waals surface area (Å²) in [5.74, 6) is 0.219. The van der Waals surface area contributed by atoms with Crippen LogP contribution in [0.25, 0.3) is 10.9 Å². The molecule has 0 unspecified atom stereocenters. The molecule has 3 rings (SSSR count). The maximum absolute atomic E-state index is 12.3. The summed E-state index contributed by atoms with van der Waals surface area (Å²) in [7, 11) is 0. The van der Waals surface area contributed by atoms with Gasteiger partial charge in [0.2, 0.25) is 5.91 Å². The minimum Gasteiger partial charge on any atom is -0.361 e. The molecule has 0 bridgehead atoms. The van der Waals surface area contributed by atoms with Crippen LogP contribution in [-0.2, 0) is 4.79 Å². The van der Waals surface area contributed by atoms with Gasteiger partial charge in [0.1, 0.15) is 0 Å². The molecule has 0 atom stereocenters. The molecule has 1 aliphatic heterocycles. The van der Waals surface area contributed by atoms with E-state index in [-0.39, 0.29) is 23.9 Å². The lowest BCUT2D eigenvalue weighted by atomic mass is 10.0. The number of amides is 3. The van der Waals surface area contributed by atoms with Crippen LogP contribution in [-0.4, -0.2) is 41.0 Å². The first-order valence-corrected chi connectivity index (χ1v) is 8.47. The number of piperidine rings is 1. The van der Waals surface area contributed by atoms with Crippen molar-refractivity contribution >= 4 is 28.5 Å². The maximum Gasteiger partial charge on any atom is 0.319 e. The SMILES string of the molecule is CC(C)C(=O)N1CCC(NC(=O)Nc2cccc3[nH]ccc23)CC1. The summed E-state index contributed by atoms with van der Waals surface area (Å²) in [6.45, 7) is 5.24. The molecule has 24 heavy (non-hydrogen) atoms. The Morgan fingerprint density at radius 1 is 1.21 bits per heavy atom. The Labute approximate surface area is 141 Å². The third-order valence-corrected chi connectivity index (χ3v) is 4.48. The van der Waals surface area contributed by atoms with E-state index in [1.54, 1.807) is 0 Å². The normalized spacial score (nSPS) is 15.7. The number of H-pyrrole nitrogens is 1. The highest BCUT2D eigenvalue weighted by Crippen LogP contribution is 2.22. The highest BCUT2D eigenvalue weighted by Gasteiger charge is 2.25. The average molecular weight is 328 g/mol. The zero-order chi connectivity index (χ0) is 17.1. The number of aromatic nitrogens is 1. The van der Waals surface area contributed by atoms with Crippen molar-refractivity contribution in [1.29, 1.82) is 0 Å². The highest BCUT2D eigenvalue weighted by atomic mass is 16.2. The number of carbonyl (C=O) groups excluding carboxylic acids is 2. The van der Waals surface area contributed by atoms with Crippen LogP contribution in [0.15, 0.2) is 30.5 Å². The number of nitrogens with one attached hydrogen (secondary N) is 3. The van der Waals surface area contributed by atoms with E-state index in [9.17, 15) is 9.59 Å². The quantitative estimate of drug-likeness (QED) is 0.810. The number of hydrogen-bond acceptors (Lipinski definition) is 2. The lowest BCUT2D eigenvalue weighted by molar-refractivity contribution is -0.135. The lowest BCUT2D eigenvalue weighted by Crippen LogP contribution is -2.48. The van der Waals surface area contributed by atoms with Crippen molar-refractivity contribution in [3.8, 4) is 0 Å². The summed E-state index contributed by atoms with van der Waals surface area (Å²) in [6, 6.07) is 7.62. The number of urea groups is 1. The fraction of sp³-hybridized carbons (Fsp3) is 0.444. The Morgan fingerprint density at radius 3 is 2.67 bits per heavy atom. The van der Waals surface area contributed by atoms with E-state index in [1.165, 1.54) is 0 Å². The van der Waals surface area contributed by atoms with E-state index in [1.807, 2.05) is 49.2 Å². The molecule has 128 valence electrons. The van der Waals surface area contributed by atoms with Gasteiger partial charge in [-0.25, -0.2) is 4.79 Å². The monoisotopic (exact) mass is 328 g/mol. The van der Waals surface area contributed by atoms with E-state index >= 15 is 0 Å². The van der Waals surface area contributed by atoms with Crippen molar-refractivity contribution in [3.63, 3.8) is 0 Å². The number of rotatable bonds is 3. The molecule has 0 saturated carbocycles. The Morgan fingerprint density at radius 2 is 1.96 bits per heavy atom. The Balaban J connectivity index is 1.53. The van der Waals surface area contributed by atoms with Crippen LogP contribution < -0.4 is 10.6 Å². The second-order valence-electron chi connectivity index (χ2n) is 6.60. The number of aromatic amines is 1. The summed E-state index contributed by atoms with van der Waals surface area (Å²) in [4.78, 5) is 29.3. The fourth-order valence-corrected chi connectivity index (χ4v) is 3.15. The van der Waals surface area contributed by atoms with Gasteiger partial charge < -0.3 is 20.5 Å². The van der Waals surface area contributed by atoms with Gasteiger partial charge in [-0.1, -0.05) is 19.9 Å². The molecular weight excluding hydrogens is 304 g/mol. The van der Waals surface area contributed by atoms with E-state index in [0.29, 0.717) is 13.1 Å². The topological polar surface area (TPSA) is 77.2 Å². The summed E-state index contributed by atoms with van der Waals surface area (Å²) in [6.07, 6.45) is 3.44. The zero-order valence-corrected chi connectivity index (χ0v) is 14.1. The van der Waals surface area contributed by atoms with Crippen molar-refractivity contribution < 1.29 is 9.59 Å². The number of likely N-dealkylation sites (tertiary alicyclic amines) is 1. The van der Waals surface area contributed by atoms with E-state index in [2.05, 4.69) is 15.6 Å². The number of anilines is 1. The van der Waals surface area contributed by atoms with Crippen molar-refractivity contribution in [2.45, 2.75) is 32.7 Å². The number of benzene rings is 1. The predicted molar refractivity (Wildman–Crippen MR) is 94.9 cm³/mol. The van der Waals surface area contributed by atoms with Gasteiger partial charge >= 0.3 is 6.03 Å². The fourth-order valence-electron chi connectivity index (χ4n) is 3.15. The third-order valence-electron chi connectivity index (χ3n) is 4.48. The van der Waals surface area contributed by atoms with Crippen molar-refractivity contribution in [1.82, 2.24) is 15.2 Å². The van der Waals surface area contributed by atoms with Crippen LogP contribution in [0.4, 0.5) is 10.5 Å². The Bertz CT molecular complexity index is 729. The van der Waals surface area contributed by atoms with Crippen molar-refractivity contribution in [2.75, 3.05) is 18.4 Å². The first kappa shape index (κ1) is 16.4. The maximum atomic E-state index is 12.3. The van der Waals surface area contributed by atoms with Crippen LogP contribution in [0.5, 0.6) is 0 Å². The predicted octanol–water partition coefficient (Wildman–Crippen LogP) is 2.94. The molecular formula is C18H24N4O2. The van der Waals surface area contributed by atoms with Gasteiger partial charge in [-0.15, -0.1) is 0 Å². The molecule has 1 aliphatic rings. The number of carbonyl (C=O) groups is 2. The van der Waals surface area contributed by atoms with Crippen LogP contribution in [0.3, 0.4) is 0 Å². The number of hydrogen-bond donors (Lipinski definition) is 3. The van der Waals surface area contributed by atoms with Crippen LogP contribution in [0.1, 0.15) is 26.7 Å². The molecule has 0 spiro atoms. The average Bonchev–Trinajstić information content (AvgIpc) is 3.04. The van der Waals surface area contributed by atoms with Gasteiger partial charge in [0.25, 0.3) is 0 Å². The van der Waals surface area contributed by atoms with Gasteiger partial charge in [-0.3, -0.25) is 4.79 Å². The first-order valence-electron chi connectivity index (χ1n) is 8.47. The standard InChI is InChI=1S/C18H24N4O2/c1-12(2)17(23)22-10-7-13(8-11-22)20-18(24)21-16-5-3-4-15-14(16)6-9-19-15/h3-6,9,12-13,19H,7-8,10-11H2,1-2H3,(H2,20,21,24). The summed E-state index contributed by atoms with van der Waals surface area (Å²) in [5.41, 5.74) is 1.78. The molecule has 2 aromatic rings. The van der Waals surface area contributed by atoms with E-state index < -0.39 is 0 Å². The Kier molecular flexibility index (Phi) is 4.74. The number of nitrogens with zero attached hydrogens (tertiary/aromatic N) is 1. The van der Waals surface area contributed by atoms with Crippen LogP contribution >= 0.6 is 0 Å². The molecule has 1 saturated heterocycles. The molecule has 3 N–H and O–H groups in total. The molecule has 6 nitrogen and oxygen atoms in total. The molecule has 3 amide bonds. The Hall–Kier alpha value is -2.50. The van der Waals surface area contributed by atoms with Crippen LogP contribution in [0.2, 0.25) is 0 Å². The van der Waals surface area contributed by atoms with Gasteiger partial charge in [0.15, 0.2) is 0 Å². The summed E-state index contributed by atoms with van der Waals surface area (Å²) >= 11 is 0. The van der Waals surface area contributed by atoms with Gasteiger partial charge in [-0.05, 0) is 31.0 Å². The zero-order valence-electron chi connectivity index (χ0n) is 14.1. The van der Waals surface area contributed by atoms with Gasteiger partial charge in [0, 0.05) is 42.1 Å². The minimum atomic E-state index is -0.197. The van der Waals surface area contributed by atoms with Crippen molar-refractivity contribution in [2.24, 2.45) is 5.92 Å². The van der Waals surface area contributed by atoms with Crippen LogP contribution in [0, 0.1) is 5.92 Å². The first-order chi connectivity index (χ1) is 11.5. The minimum absolute atomic E-state index is 0.0275. The summed E-state index contributed by atoms with van der Waals surface area (Å²) < 4.78 is 0. The van der Waals surface area contributed by atoms with Gasteiger partial charge in [0.05, 0.1) is 5.69 Å². The van der Waals surface area contributed by atoms with Crippen molar-refractivity contribution in [3.05, 3.63) is 30.5 Å². The van der Waals surface area contributed by atoms with Gasteiger partial charge in [-0.2, -0.15) is 0 Å². The smallest absolute Gasteiger partial charge is 0.319 e. The third kappa shape index (κ3) is 3.53. The highest BCUT2D eigenvalue weighted by molar-refractivity contribution is 6.00.